The van der Waals surface area contributed by atoms with Crippen LogP contribution in [0.5, 0.6) is 0 Å². The molecule has 0 spiro atoms. The number of carbonyl (C=O) groups excluding carboxylic acids is 1. The number of nitrogens with zero attached hydrogens (tertiary/aromatic N) is 2. The second kappa shape index (κ2) is 11.4. The van der Waals surface area contributed by atoms with Crippen molar-refractivity contribution < 1.29 is 14.7 Å². The first kappa shape index (κ1) is 22.7. The molecule has 146 valence electrons. The number of likely N-dealkylation sites (N-methyl/N-ethyl adjacent to an activating group) is 1. The van der Waals surface area contributed by atoms with Crippen LogP contribution in [0.3, 0.4) is 0 Å². The van der Waals surface area contributed by atoms with E-state index in [1.807, 2.05) is 36.2 Å². The standard InChI is InChI=1S/C18H26ClN3O3.ClH/c1-21(13-18(24)25)16-7-10-22(11-8-16)12-17(23)20-9-6-14-2-4-15(19)5-3-14;/h2-5,16H,6-13H2,1H3,(H,20,23)(H,24,25);1H. The fraction of sp³-hybridized carbons (Fsp3) is 0.556. The van der Waals surface area contributed by atoms with E-state index >= 15 is 0 Å². The van der Waals surface area contributed by atoms with Crippen molar-refractivity contribution in [2.45, 2.75) is 25.3 Å². The van der Waals surface area contributed by atoms with Gasteiger partial charge in [0.1, 0.15) is 0 Å². The number of nitrogens with one attached hydrogen (secondary N) is 1. The van der Waals surface area contributed by atoms with Gasteiger partial charge in [0.05, 0.1) is 13.1 Å². The summed E-state index contributed by atoms with van der Waals surface area (Å²) in [5.74, 6) is -0.767. The zero-order chi connectivity index (χ0) is 18.2. The third kappa shape index (κ3) is 7.91. The number of rotatable bonds is 8. The summed E-state index contributed by atoms with van der Waals surface area (Å²) in [6.45, 7) is 2.71. The van der Waals surface area contributed by atoms with E-state index in [1.54, 1.807) is 0 Å². The lowest BCUT2D eigenvalue weighted by atomic mass is 10.0. The largest absolute Gasteiger partial charge is 0.480 e. The van der Waals surface area contributed by atoms with Crippen molar-refractivity contribution in [2.24, 2.45) is 0 Å². The Kier molecular flexibility index (Phi) is 9.94. The van der Waals surface area contributed by atoms with E-state index in [1.165, 1.54) is 0 Å². The smallest absolute Gasteiger partial charge is 0.317 e. The molecule has 1 fully saturated rings. The van der Waals surface area contributed by atoms with Crippen molar-refractivity contribution in [3.63, 3.8) is 0 Å². The molecule has 0 bridgehead atoms. The first-order valence-electron chi connectivity index (χ1n) is 8.59. The van der Waals surface area contributed by atoms with Crippen LogP contribution in [0.1, 0.15) is 18.4 Å². The molecule has 8 heteroatoms. The Morgan fingerprint density at radius 2 is 1.88 bits per heavy atom. The molecule has 0 radical (unpaired) electrons. The molecule has 1 amide bonds. The van der Waals surface area contributed by atoms with E-state index in [4.69, 9.17) is 16.7 Å². The molecule has 0 unspecified atom stereocenters. The zero-order valence-electron chi connectivity index (χ0n) is 15.0. The highest BCUT2D eigenvalue weighted by molar-refractivity contribution is 6.30. The number of likely N-dealkylation sites (tertiary alicyclic amines) is 1. The van der Waals surface area contributed by atoms with Crippen LogP contribution in [0.4, 0.5) is 0 Å². The van der Waals surface area contributed by atoms with E-state index < -0.39 is 5.97 Å². The van der Waals surface area contributed by atoms with Crippen LogP contribution in [0.2, 0.25) is 5.02 Å². The second-order valence-corrected chi connectivity index (χ2v) is 6.98. The molecule has 0 atom stereocenters. The van der Waals surface area contributed by atoms with E-state index in [2.05, 4.69) is 10.2 Å². The van der Waals surface area contributed by atoms with Gasteiger partial charge in [0, 0.05) is 30.7 Å². The molecule has 0 aromatic heterocycles. The average Bonchev–Trinajstić information content (AvgIpc) is 2.56. The van der Waals surface area contributed by atoms with Gasteiger partial charge in [-0.05, 0) is 44.0 Å². The molecule has 1 aliphatic heterocycles. The van der Waals surface area contributed by atoms with Gasteiger partial charge < -0.3 is 10.4 Å². The lowest BCUT2D eigenvalue weighted by molar-refractivity contribution is -0.138. The van der Waals surface area contributed by atoms with Crippen molar-refractivity contribution in [2.75, 3.05) is 39.8 Å². The summed E-state index contributed by atoms with van der Waals surface area (Å²) in [6.07, 6.45) is 2.56. The van der Waals surface area contributed by atoms with Gasteiger partial charge in [-0.15, -0.1) is 12.4 Å². The minimum Gasteiger partial charge on any atom is -0.480 e. The maximum absolute atomic E-state index is 12.1. The van der Waals surface area contributed by atoms with Gasteiger partial charge in [-0.2, -0.15) is 0 Å². The second-order valence-electron chi connectivity index (χ2n) is 6.54. The maximum Gasteiger partial charge on any atom is 0.317 e. The summed E-state index contributed by atoms with van der Waals surface area (Å²) in [5.41, 5.74) is 1.15. The van der Waals surface area contributed by atoms with E-state index in [0.29, 0.717) is 18.1 Å². The monoisotopic (exact) mass is 403 g/mol. The Hall–Kier alpha value is -1.34. The van der Waals surface area contributed by atoms with Gasteiger partial charge in [-0.25, -0.2) is 0 Å². The molecule has 1 heterocycles. The van der Waals surface area contributed by atoms with Gasteiger partial charge in [-0.3, -0.25) is 19.4 Å². The zero-order valence-corrected chi connectivity index (χ0v) is 16.6. The van der Waals surface area contributed by atoms with Gasteiger partial charge in [-0.1, -0.05) is 23.7 Å². The van der Waals surface area contributed by atoms with Crippen LogP contribution < -0.4 is 5.32 Å². The van der Waals surface area contributed by atoms with Crippen molar-refractivity contribution >= 4 is 35.9 Å². The lowest BCUT2D eigenvalue weighted by Gasteiger charge is -2.35. The number of amides is 1. The molecule has 26 heavy (non-hydrogen) atoms. The first-order chi connectivity index (χ1) is 11.9. The number of benzene rings is 1. The van der Waals surface area contributed by atoms with Gasteiger partial charge in [0.2, 0.25) is 5.91 Å². The number of carbonyl (C=O) groups is 2. The summed E-state index contributed by atoms with van der Waals surface area (Å²) in [4.78, 5) is 26.8. The van der Waals surface area contributed by atoms with Gasteiger partial charge in [0.25, 0.3) is 0 Å². The number of aliphatic carboxylic acids is 1. The molecule has 2 N–H and O–H groups in total. The average molecular weight is 404 g/mol. The number of hydrogen-bond acceptors (Lipinski definition) is 4. The number of halogens is 2. The highest BCUT2D eigenvalue weighted by Gasteiger charge is 2.24. The molecule has 1 saturated heterocycles. The van der Waals surface area contributed by atoms with Crippen molar-refractivity contribution in [1.82, 2.24) is 15.1 Å². The SMILES string of the molecule is CN(CC(=O)O)C1CCN(CC(=O)NCCc2ccc(Cl)cc2)CC1.Cl. The van der Waals surface area contributed by atoms with E-state index in [9.17, 15) is 9.59 Å². The summed E-state index contributed by atoms with van der Waals surface area (Å²) in [7, 11) is 1.85. The predicted molar refractivity (Wildman–Crippen MR) is 105 cm³/mol. The van der Waals surface area contributed by atoms with Crippen LogP contribution in [0, 0.1) is 0 Å². The molecule has 6 nitrogen and oxygen atoms in total. The Bertz CT molecular complexity index is 576. The summed E-state index contributed by atoms with van der Waals surface area (Å²) < 4.78 is 0. The molecule has 1 aliphatic rings. The Balaban J connectivity index is 0.00000338. The fourth-order valence-corrected chi connectivity index (χ4v) is 3.24. The normalized spacial score (nSPS) is 15.5. The highest BCUT2D eigenvalue weighted by Crippen LogP contribution is 2.15. The molecule has 0 saturated carbocycles. The minimum atomic E-state index is -0.801. The molecule has 2 rings (SSSR count). The topological polar surface area (TPSA) is 72.9 Å². The minimum absolute atomic E-state index is 0. The maximum atomic E-state index is 12.1. The van der Waals surface area contributed by atoms with Crippen molar-refractivity contribution in [3.05, 3.63) is 34.9 Å². The highest BCUT2D eigenvalue weighted by atomic mass is 35.5. The van der Waals surface area contributed by atoms with Crippen LogP contribution in [-0.2, 0) is 16.0 Å². The predicted octanol–water partition coefficient (Wildman–Crippen LogP) is 1.90. The first-order valence-corrected chi connectivity index (χ1v) is 8.97. The molecular weight excluding hydrogens is 377 g/mol. The number of carboxylic acids is 1. The summed E-state index contributed by atoms with van der Waals surface area (Å²) >= 11 is 5.85. The van der Waals surface area contributed by atoms with E-state index in [0.717, 1.165) is 37.9 Å². The van der Waals surface area contributed by atoms with E-state index in [-0.39, 0.29) is 30.9 Å². The third-order valence-electron chi connectivity index (χ3n) is 4.58. The molecular formula is C18H27Cl2N3O3. The quantitative estimate of drug-likeness (QED) is 0.693. The van der Waals surface area contributed by atoms with Crippen LogP contribution in [-0.4, -0.2) is 72.6 Å². The summed E-state index contributed by atoms with van der Waals surface area (Å²) in [6, 6.07) is 7.91. The lowest BCUT2D eigenvalue weighted by Crippen LogP contribution is -2.47. The van der Waals surface area contributed by atoms with Gasteiger partial charge >= 0.3 is 5.97 Å². The Labute approximate surface area is 165 Å². The van der Waals surface area contributed by atoms with Crippen LogP contribution in [0.25, 0.3) is 0 Å². The summed E-state index contributed by atoms with van der Waals surface area (Å²) in [5, 5.41) is 12.5. The number of hydrogen-bond donors (Lipinski definition) is 2. The number of carboxylic acid groups (broad SMARTS) is 1. The van der Waals surface area contributed by atoms with Crippen molar-refractivity contribution in [3.8, 4) is 0 Å². The molecule has 1 aromatic rings. The fourth-order valence-electron chi connectivity index (χ4n) is 3.12. The third-order valence-corrected chi connectivity index (χ3v) is 4.83. The van der Waals surface area contributed by atoms with Crippen LogP contribution in [0.15, 0.2) is 24.3 Å². The Morgan fingerprint density at radius 1 is 1.27 bits per heavy atom. The Morgan fingerprint density at radius 3 is 2.46 bits per heavy atom. The molecule has 0 aliphatic carbocycles. The van der Waals surface area contributed by atoms with Gasteiger partial charge in [0.15, 0.2) is 0 Å². The number of piperidine rings is 1. The van der Waals surface area contributed by atoms with Crippen LogP contribution >= 0.6 is 24.0 Å². The molecule has 1 aromatic carbocycles. The van der Waals surface area contributed by atoms with Crippen molar-refractivity contribution in [1.29, 1.82) is 0 Å².